The lowest BCUT2D eigenvalue weighted by Crippen LogP contribution is -2.44. The van der Waals surface area contributed by atoms with Crippen LogP contribution in [0.1, 0.15) is 62.4 Å². The fourth-order valence-corrected chi connectivity index (χ4v) is 3.74. The maximum atomic E-state index is 12.1. The Kier molecular flexibility index (Phi) is 10.8. The van der Waals surface area contributed by atoms with Crippen molar-refractivity contribution in [2.45, 2.75) is 77.8 Å². The lowest BCUT2D eigenvalue weighted by molar-refractivity contribution is -0.121. The Balaban J connectivity index is 0.00000392. The summed E-state index contributed by atoms with van der Waals surface area (Å²) in [7, 11) is 3.73. The molecule has 0 radical (unpaired) electrons. The average molecular weight is 504 g/mol. The highest BCUT2D eigenvalue weighted by molar-refractivity contribution is 14.0. The van der Waals surface area contributed by atoms with E-state index in [4.69, 9.17) is 0 Å². The second kappa shape index (κ2) is 12.3. The summed E-state index contributed by atoms with van der Waals surface area (Å²) in [6.07, 6.45) is 7.34. The topological polar surface area (TPSA) is 83.3 Å². The molecule has 1 unspecified atom stereocenters. The van der Waals surface area contributed by atoms with Gasteiger partial charge in [-0.05, 0) is 45.6 Å². The molecule has 0 saturated heterocycles. The number of aliphatic imine (C=N–C) groups is 1. The number of carbonyl (C=O) groups is 1. The highest BCUT2D eigenvalue weighted by atomic mass is 127. The molecule has 1 atom stereocenters. The number of hydrogen-bond acceptors (Lipinski definition) is 3. The Labute approximate surface area is 186 Å². The fourth-order valence-electron chi connectivity index (χ4n) is 3.74. The zero-order chi connectivity index (χ0) is 19.8. The van der Waals surface area contributed by atoms with Crippen LogP contribution in [0.4, 0.5) is 0 Å². The first kappa shape index (κ1) is 24.7. The lowest BCUT2D eigenvalue weighted by Gasteiger charge is -2.23. The Morgan fingerprint density at radius 1 is 1.29 bits per heavy atom. The number of aromatic nitrogens is 2. The van der Waals surface area contributed by atoms with Gasteiger partial charge in [-0.1, -0.05) is 19.3 Å². The Hall–Kier alpha value is -1.32. The van der Waals surface area contributed by atoms with E-state index in [-0.39, 0.29) is 35.9 Å². The predicted molar refractivity (Wildman–Crippen MR) is 125 cm³/mol. The van der Waals surface area contributed by atoms with Gasteiger partial charge in [-0.3, -0.25) is 14.5 Å². The van der Waals surface area contributed by atoms with Crippen molar-refractivity contribution < 1.29 is 4.79 Å². The Morgan fingerprint density at radius 3 is 2.54 bits per heavy atom. The minimum atomic E-state index is 0. The SMILES string of the molecule is CN=C(NCCC(=O)NC1CCCCC1)NC(C)Cc1c(C)nn(C)c1C.I. The Morgan fingerprint density at radius 2 is 1.96 bits per heavy atom. The van der Waals surface area contributed by atoms with Gasteiger partial charge in [-0.2, -0.15) is 5.10 Å². The molecule has 0 aliphatic heterocycles. The fraction of sp³-hybridized carbons (Fsp3) is 0.750. The summed E-state index contributed by atoms with van der Waals surface area (Å²) in [6.45, 7) is 6.86. The quantitative estimate of drug-likeness (QED) is 0.303. The number of rotatable bonds is 7. The first-order chi connectivity index (χ1) is 12.9. The monoisotopic (exact) mass is 504 g/mol. The molecule has 1 amide bonds. The van der Waals surface area contributed by atoms with E-state index in [1.807, 2.05) is 18.7 Å². The molecule has 3 N–H and O–H groups in total. The molecule has 1 aliphatic rings. The summed E-state index contributed by atoms with van der Waals surface area (Å²) in [5.41, 5.74) is 3.55. The van der Waals surface area contributed by atoms with Gasteiger partial charge in [-0.25, -0.2) is 0 Å². The standard InChI is InChI=1S/C20H36N6O.HI/c1-14(13-18-15(2)25-26(5)16(18)3)23-20(21-4)22-12-11-19(27)24-17-9-7-6-8-10-17;/h14,17H,6-13H2,1-5H3,(H,24,27)(H2,21,22,23);1H. The van der Waals surface area contributed by atoms with Gasteiger partial charge in [0, 0.05) is 44.8 Å². The van der Waals surface area contributed by atoms with Crippen LogP contribution in [0.2, 0.25) is 0 Å². The molecule has 2 rings (SSSR count). The van der Waals surface area contributed by atoms with Crippen molar-refractivity contribution in [3.63, 3.8) is 0 Å². The molecule has 28 heavy (non-hydrogen) atoms. The van der Waals surface area contributed by atoms with Crippen molar-refractivity contribution >= 4 is 35.8 Å². The summed E-state index contributed by atoms with van der Waals surface area (Å²) in [5.74, 6) is 0.853. The highest BCUT2D eigenvalue weighted by Crippen LogP contribution is 2.17. The van der Waals surface area contributed by atoms with Crippen molar-refractivity contribution in [3.8, 4) is 0 Å². The zero-order valence-corrected chi connectivity index (χ0v) is 20.3. The average Bonchev–Trinajstić information content (AvgIpc) is 2.87. The zero-order valence-electron chi connectivity index (χ0n) is 18.0. The van der Waals surface area contributed by atoms with Crippen molar-refractivity contribution in [2.75, 3.05) is 13.6 Å². The van der Waals surface area contributed by atoms with E-state index < -0.39 is 0 Å². The van der Waals surface area contributed by atoms with Gasteiger partial charge in [0.2, 0.25) is 5.91 Å². The molecule has 8 heteroatoms. The number of hydrogen-bond donors (Lipinski definition) is 3. The first-order valence-corrected chi connectivity index (χ1v) is 10.2. The number of carbonyl (C=O) groups excluding carboxylic acids is 1. The van der Waals surface area contributed by atoms with Gasteiger partial charge in [0.05, 0.1) is 5.69 Å². The van der Waals surface area contributed by atoms with Crippen LogP contribution in [0.15, 0.2) is 4.99 Å². The first-order valence-electron chi connectivity index (χ1n) is 10.2. The number of nitrogens with one attached hydrogen (secondary N) is 3. The third-order valence-electron chi connectivity index (χ3n) is 5.39. The third-order valence-corrected chi connectivity index (χ3v) is 5.39. The number of nitrogens with zero attached hydrogens (tertiary/aromatic N) is 3. The minimum Gasteiger partial charge on any atom is -0.356 e. The summed E-state index contributed by atoms with van der Waals surface area (Å²) < 4.78 is 1.93. The second-order valence-electron chi connectivity index (χ2n) is 7.67. The molecule has 0 spiro atoms. The third kappa shape index (κ3) is 7.60. The maximum Gasteiger partial charge on any atom is 0.221 e. The van der Waals surface area contributed by atoms with E-state index >= 15 is 0 Å². The summed E-state index contributed by atoms with van der Waals surface area (Å²) in [4.78, 5) is 16.4. The van der Waals surface area contributed by atoms with E-state index in [2.05, 4.69) is 39.9 Å². The normalized spacial score (nSPS) is 16.2. The molecule has 1 aromatic rings. The summed E-state index contributed by atoms with van der Waals surface area (Å²) in [6, 6.07) is 0.587. The number of amides is 1. The van der Waals surface area contributed by atoms with Crippen LogP contribution in [0.3, 0.4) is 0 Å². The molecule has 7 nitrogen and oxygen atoms in total. The van der Waals surface area contributed by atoms with Crippen molar-refractivity contribution in [1.82, 2.24) is 25.7 Å². The summed E-state index contributed by atoms with van der Waals surface area (Å²) in [5, 5.41) is 14.3. The minimum absolute atomic E-state index is 0. The molecule has 1 aliphatic carbocycles. The smallest absolute Gasteiger partial charge is 0.221 e. The number of halogens is 1. The molecule has 1 saturated carbocycles. The molecule has 1 fully saturated rings. The van der Waals surface area contributed by atoms with Crippen LogP contribution < -0.4 is 16.0 Å². The molecule has 1 aromatic heterocycles. The van der Waals surface area contributed by atoms with Crippen LogP contribution in [0.5, 0.6) is 0 Å². The van der Waals surface area contributed by atoms with Gasteiger partial charge in [0.1, 0.15) is 0 Å². The van der Waals surface area contributed by atoms with Crippen LogP contribution in [0, 0.1) is 13.8 Å². The largest absolute Gasteiger partial charge is 0.356 e. The molecule has 1 heterocycles. The molecular formula is C20H37IN6O. The lowest BCUT2D eigenvalue weighted by atomic mass is 9.95. The van der Waals surface area contributed by atoms with Crippen LogP contribution in [0.25, 0.3) is 0 Å². The van der Waals surface area contributed by atoms with E-state index in [1.165, 1.54) is 30.5 Å². The molecule has 0 bridgehead atoms. The predicted octanol–water partition coefficient (Wildman–Crippen LogP) is 2.59. The second-order valence-corrected chi connectivity index (χ2v) is 7.67. The van der Waals surface area contributed by atoms with Gasteiger partial charge in [0.25, 0.3) is 0 Å². The van der Waals surface area contributed by atoms with Crippen LogP contribution in [-0.2, 0) is 18.3 Å². The molecular weight excluding hydrogens is 467 g/mol. The van der Waals surface area contributed by atoms with Crippen molar-refractivity contribution in [2.24, 2.45) is 12.0 Å². The Bertz CT molecular complexity index is 651. The van der Waals surface area contributed by atoms with Crippen molar-refractivity contribution in [1.29, 1.82) is 0 Å². The number of guanidine groups is 1. The molecule has 0 aromatic carbocycles. The van der Waals surface area contributed by atoms with Crippen LogP contribution >= 0.6 is 24.0 Å². The van der Waals surface area contributed by atoms with E-state index in [0.29, 0.717) is 19.0 Å². The van der Waals surface area contributed by atoms with E-state index in [0.717, 1.165) is 30.9 Å². The van der Waals surface area contributed by atoms with Gasteiger partial charge in [-0.15, -0.1) is 24.0 Å². The molecule has 160 valence electrons. The van der Waals surface area contributed by atoms with E-state index in [1.54, 1.807) is 7.05 Å². The highest BCUT2D eigenvalue weighted by Gasteiger charge is 2.16. The van der Waals surface area contributed by atoms with E-state index in [9.17, 15) is 4.79 Å². The summed E-state index contributed by atoms with van der Waals surface area (Å²) >= 11 is 0. The van der Waals surface area contributed by atoms with Gasteiger partial charge < -0.3 is 16.0 Å². The van der Waals surface area contributed by atoms with Crippen LogP contribution in [-0.4, -0.2) is 47.3 Å². The number of aryl methyl sites for hydroxylation is 2. The van der Waals surface area contributed by atoms with Crippen molar-refractivity contribution in [3.05, 3.63) is 17.0 Å². The van der Waals surface area contributed by atoms with Gasteiger partial charge >= 0.3 is 0 Å². The maximum absolute atomic E-state index is 12.1. The van der Waals surface area contributed by atoms with Gasteiger partial charge in [0.15, 0.2) is 5.96 Å².